The van der Waals surface area contributed by atoms with Gasteiger partial charge in [-0.05, 0) is 37.1 Å². The Bertz CT molecular complexity index is 1120. The Balaban J connectivity index is 0.000000871. The van der Waals surface area contributed by atoms with Gasteiger partial charge in [-0.3, -0.25) is 0 Å². The maximum absolute atomic E-state index is 12.6. The van der Waals surface area contributed by atoms with E-state index in [2.05, 4.69) is 13.8 Å². The van der Waals surface area contributed by atoms with Crippen molar-refractivity contribution in [3.63, 3.8) is 0 Å². The Morgan fingerprint density at radius 2 is 0.640 bits per heavy atom. The Hall–Kier alpha value is -3.68. The van der Waals surface area contributed by atoms with E-state index in [1.54, 1.807) is 24.3 Å². The molecule has 0 unspecified atom stereocenters. The number of carboxylic acid groups (broad SMARTS) is 2. The average Bonchev–Trinajstić information content (AvgIpc) is 3.12. The lowest BCUT2D eigenvalue weighted by molar-refractivity contribution is 0.0450. The van der Waals surface area contributed by atoms with Crippen molar-refractivity contribution in [1.82, 2.24) is 0 Å². The molecule has 0 aliphatic rings. The summed E-state index contributed by atoms with van der Waals surface area (Å²) in [7, 11) is 0. The normalized spacial score (nSPS) is 10.6. The highest BCUT2D eigenvalue weighted by Gasteiger charge is 2.19. The van der Waals surface area contributed by atoms with Crippen LogP contribution < -0.4 is 0 Å². The summed E-state index contributed by atoms with van der Waals surface area (Å²) in [6.07, 6.45) is 27.6. The molecule has 0 fully saturated rings. The molecule has 2 aromatic rings. The maximum Gasteiger partial charge on any atom is 0.339 e. The third-order valence-corrected chi connectivity index (χ3v) is 8.72. The number of ether oxygens (including phenoxy) is 2. The molecule has 0 saturated carbocycles. The minimum atomic E-state index is -1.23. The molecule has 2 aromatic carbocycles. The standard InChI is InChI=1S/C34H58O4.C8H6O4/c1-3-5-7-9-11-13-15-17-19-21-25-29-37-33(35)31-27-23-24-28-32(31)34(36)38-30-26-22-20-18-16-14-12-10-8-6-4-2;9-7(10)5-3-1-2-4-6(5)8(11)12/h23-24,27-28H,3-22,25-26,29-30H2,1-2H3;1-4H,(H,9,10)(H,11,12). The zero-order chi connectivity index (χ0) is 36.7. The van der Waals surface area contributed by atoms with Crippen LogP contribution in [0.15, 0.2) is 48.5 Å². The number of hydrogen-bond donors (Lipinski definition) is 2. The van der Waals surface area contributed by atoms with Crippen molar-refractivity contribution in [1.29, 1.82) is 0 Å². The molecular weight excluding hydrogens is 632 g/mol. The van der Waals surface area contributed by atoms with Gasteiger partial charge in [-0.2, -0.15) is 0 Å². The van der Waals surface area contributed by atoms with Crippen LogP contribution in [0.25, 0.3) is 0 Å². The lowest BCUT2D eigenvalue weighted by Crippen LogP contribution is -2.15. The summed E-state index contributed by atoms with van der Waals surface area (Å²) in [5.74, 6) is -3.32. The number of carbonyl (C=O) groups is 4. The summed E-state index contributed by atoms with van der Waals surface area (Å²) < 4.78 is 10.9. The Kier molecular flexibility index (Phi) is 26.8. The summed E-state index contributed by atoms with van der Waals surface area (Å²) >= 11 is 0. The molecule has 0 aliphatic heterocycles. The van der Waals surface area contributed by atoms with Gasteiger partial charge in [0.2, 0.25) is 0 Å². The minimum absolute atomic E-state index is 0.190. The predicted molar refractivity (Wildman–Crippen MR) is 200 cm³/mol. The predicted octanol–water partition coefficient (Wildman–Crippen LogP) is 11.7. The molecule has 0 aliphatic carbocycles. The van der Waals surface area contributed by atoms with Gasteiger partial charge in [0.05, 0.1) is 35.5 Å². The number of carbonyl (C=O) groups excluding carboxylic acids is 2. The lowest BCUT2D eigenvalue weighted by atomic mass is 10.1. The summed E-state index contributed by atoms with van der Waals surface area (Å²) in [5, 5.41) is 17.1. The van der Waals surface area contributed by atoms with Crippen LogP contribution in [0.1, 0.15) is 197 Å². The number of rotatable bonds is 28. The van der Waals surface area contributed by atoms with E-state index in [-0.39, 0.29) is 11.1 Å². The van der Waals surface area contributed by atoms with Crippen molar-refractivity contribution >= 4 is 23.9 Å². The Morgan fingerprint density at radius 1 is 0.400 bits per heavy atom. The summed E-state index contributed by atoms with van der Waals surface area (Å²) in [6, 6.07) is 12.3. The van der Waals surface area contributed by atoms with E-state index >= 15 is 0 Å². The Labute approximate surface area is 301 Å². The van der Waals surface area contributed by atoms with E-state index in [9.17, 15) is 19.2 Å². The summed E-state index contributed by atoms with van der Waals surface area (Å²) in [5.41, 5.74) is 0.231. The van der Waals surface area contributed by atoms with Crippen LogP contribution in [0.4, 0.5) is 0 Å². The molecule has 0 radical (unpaired) electrons. The van der Waals surface area contributed by atoms with Crippen molar-refractivity contribution in [2.24, 2.45) is 0 Å². The van der Waals surface area contributed by atoms with Gasteiger partial charge in [0, 0.05) is 0 Å². The van der Waals surface area contributed by atoms with E-state index < -0.39 is 23.9 Å². The fraction of sp³-hybridized carbons (Fsp3) is 0.619. The van der Waals surface area contributed by atoms with Crippen LogP contribution in [0.2, 0.25) is 0 Å². The molecule has 8 nitrogen and oxygen atoms in total. The number of benzene rings is 2. The second kappa shape index (κ2) is 30.2. The third-order valence-electron chi connectivity index (χ3n) is 8.72. The number of hydrogen-bond acceptors (Lipinski definition) is 6. The second-order valence-corrected chi connectivity index (χ2v) is 13.0. The van der Waals surface area contributed by atoms with Gasteiger partial charge in [0.15, 0.2) is 0 Å². The largest absolute Gasteiger partial charge is 0.478 e. The molecule has 0 atom stereocenters. The van der Waals surface area contributed by atoms with Crippen LogP contribution in [-0.4, -0.2) is 47.3 Å². The zero-order valence-corrected chi connectivity index (χ0v) is 30.9. The van der Waals surface area contributed by atoms with Crippen LogP contribution in [0, 0.1) is 0 Å². The van der Waals surface area contributed by atoms with Gasteiger partial charge < -0.3 is 19.7 Å². The van der Waals surface area contributed by atoms with Crippen LogP contribution in [0.5, 0.6) is 0 Å². The fourth-order valence-electron chi connectivity index (χ4n) is 5.71. The first-order chi connectivity index (χ1) is 24.3. The molecule has 0 aromatic heterocycles. The topological polar surface area (TPSA) is 127 Å². The molecule has 0 heterocycles. The molecule has 50 heavy (non-hydrogen) atoms. The minimum Gasteiger partial charge on any atom is -0.478 e. The quantitative estimate of drug-likeness (QED) is 0.0664. The molecular formula is C42H64O8. The van der Waals surface area contributed by atoms with Gasteiger partial charge in [-0.15, -0.1) is 0 Å². The van der Waals surface area contributed by atoms with E-state index in [4.69, 9.17) is 19.7 Å². The maximum atomic E-state index is 12.6. The first-order valence-corrected chi connectivity index (χ1v) is 19.3. The van der Waals surface area contributed by atoms with Crippen LogP contribution in [0.3, 0.4) is 0 Å². The van der Waals surface area contributed by atoms with E-state index in [1.807, 2.05) is 0 Å². The Morgan fingerprint density at radius 3 is 0.900 bits per heavy atom. The van der Waals surface area contributed by atoms with Gasteiger partial charge in [-0.25, -0.2) is 19.2 Å². The van der Waals surface area contributed by atoms with Gasteiger partial charge >= 0.3 is 23.9 Å². The van der Waals surface area contributed by atoms with Crippen molar-refractivity contribution in [2.75, 3.05) is 13.2 Å². The van der Waals surface area contributed by atoms with Crippen molar-refractivity contribution in [3.05, 3.63) is 70.8 Å². The number of aromatic carboxylic acids is 2. The smallest absolute Gasteiger partial charge is 0.339 e. The summed E-state index contributed by atoms with van der Waals surface area (Å²) in [6.45, 7) is 5.31. The van der Waals surface area contributed by atoms with Gasteiger partial charge in [-0.1, -0.05) is 167 Å². The molecule has 0 amide bonds. The SMILES string of the molecule is CCCCCCCCCCCCCOC(=O)c1ccccc1C(=O)OCCCCCCCCCCCCC.O=C(O)c1ccccc1C(=O)O. The van der Waals surface area contributed by atoms with E-state index in [0.29, 0.717) is 24.3 Å². The number of esters is 2. The fourth-order valence-corrected chi connectivity index (χ4v) is 5.71. The van der Waals surface area contributed by atoms with Crippen LogP contribution >= 0.6 is 0 Å². The average molecular weight is 697 g/mol. The van der Waals surface area contributed by atoms with Crippen molar-refractivity contribution in [2.45, 2.75) is 155 Å². The number of carboxylic acids is 2. The molecule has 280 valence electrons. The van der Waals surface area contributed by atoms with Crippen LogP contribution in [-0.2, 0) is 9.47 Å². The van der Waals surface area contributed by atoms with Gasteiger partial charge in [0.25, 0.3) is 0 Å². The second-order valence-electron chi connectivity index (χ2n) is 13.0. The molecule has 8 heteroatoms. The lowest BCUT2D eigenvalue weighted by Gasteiger charge is -2.10. The molecule has 0 bridgehead atoms. The third kappa shape index (κ3) is 21.4. The monoisotopic (exact) mass is 696 g/mol. The first kappa shape index (κ1) is 44.3. The summed E-state index contributed by atoms with van der Waals surface area (Å²) in [4.78, 5) is 46.1. The van der Waals surface area contributed by atoms with Crippen molar-refractivity contribution < 1.29 is 38.9 Å². The van der Waals surface area contributed by atoms with E-state index in [1.165, 1.54) is 140 Å². The van der Waals surface area contributed by atoms with Gasteiger partial charge in [0.1, 0.15) is 0 Å². The highest BCUT2D eigenvalue weighted by Crippen LogP contribution is 2.16. The molecule has 0 saturated heterocycles. The highest BCUT2D eigenvalue weighted by molar-refractivity contribution is 6.03. The highest BCUT2D eigenvalue weighted by atomic mass is 16.5. The molecule has 0 spiro atoms. The van der Waals surface area contributed by atoms with Crippen molar-refractivity contribution in [3.8, 4) is 0 Å². The molecule has 2 rings (SSSR count). The number of unbranched alkanes of at least 4 members (excludes halogenated alkanes) is 20. The molecule has 2 N–H and O–H groups in total. The first-order valence-electron chi connectivity index (χ1n) is 19.3. The zero-order valence-electron chi connectivity index (χ0n) is 30.9. The van der Waals surface area contributed by atoms with E-state index in [0.717, 1.165) is 25.7 Å².